The number of aromatic nitrogens is 1. The molecule has 5 rings (SSSR count). The minimum absolute atomic E-state index is 0.0803. The molecule has 1 aromatic heterocycles. The Labute approximate surface area is 215 Å². The summed E-state index contributed by atoms with van der Waals surface area (Å²) in [5.74, 6) is 1.11. The fraction of sp³-hybridized carbons (Fsp3) is 0.469. The lowest BCUT2D eigenvalue weighted by Gasteiger charge is -2.61. The molecule has 0 radical (unpaired) electrons. The summed E-state index contributed by atoms with van der Waals surface area (Å²) >= 11 is 0. The number of hydrogen-bond donors (Lipinski definition) is 2. The second-order valence-electron chi connectivity index (χ2n) is 11.9. The van der Waals surface area contributed by atoms with Crippen molar-refractivity contribution in [1.82, 2.24) is 4.98 Å². The summed E-state index contributed by atoms with van der Waals surface area (Å²) in [6, 6.07) is 20.2. The lowest BCUT2D eigenvalue weighted by Crippen LogP contribution is -2.63. The lowest BCUT2D eigenvalue weighted by molar-refractivity contribution is -0.207. The van der Waals surface area contributed by atoms with Gasteiger partial charge < -0.3 is 14.9 Å². The quantitative estimate of drug-likeness (QED) is 0.442. The van der Waals surface area contributed by atoms with Gasteiger partial charge in [0.1, 0.15) is 18.0 Å². The number of rotatable bonds is 5. The van der Waals surface area contributed by atoms with Crippen molar-refractivity contribution in [2.75, 3.05) is 0 Å². The molecule has 4 nitrogen and oxygen atoms in total. The average Bonchev–Trinajstić information content (AvgIpc) is 2.85. The molecule has 0 bridgehead atoms. The minimum atomic E-state index is -1.28. The highest BCUT2D eigenvalue weighted by molar-refractivity contribution is 5.49. The molecule has 0 saturated heterocycles. The van der Waals surface area contributed by atoms with Crippen molar-refractivity contribution >= 4 is 0 Å². The molecule has 0 amide bonds. The molecule has 2 aliphatic carbocycles. The second kappa shape index (κ2) is 8.71. The topological polar surface area (TPSA) is 62.6 Å². The summed E-state index contributed by atoms with van der Waals surface area (Å²) in [6.45, 7) is 11.1. The van der Waals surface area contributed by atoms with Gasteiger partial charge in [-0.2, -0.15) is 0 Å². The number of aryl methyl sites for hydroxylation is 1. The summed E-state index contributed by atoms with van der Waals surface area (Å²) in [4.78, 5) is 4.37. The van der Waals surface area contributed by atoms with Gasteiger partial charge in [-0.3, -0.25) is 4.98 Å². The highest BCUT2D eigenvalue weighted by atomic mass is 16.5. The molecule has 2 aliphatic rings. The van der Waals surface area contributed by atoms with Gasteiger partial charge in [-0.1, -0.05) is 63.2 Å². The molecule has 2 aromatic carbocycles. The third kappa shape index (κ3) is 3.86. The smallest absolute Gasteiger partial charge is 0.120 e. The monoisotopic (exact) mass is 485 g/mol. The van der Waals surface area contributed by atoms with Gasteiger partial charge in [0, 0.05) is 22.9 Å². The first-order chi connectivity index (χ1) is 17.0. The van der Waals surface area contributed by atoms with E-state index in [-0.39, 0.29) is 16.7 Å². The van der Waals surface area contributed by atoms with E-state index in [9.17, 15) is 10.2 Å². The van der Waals surface area contributed by atoms with E-state index in [1.54, 1.807) is 6.20 Å². The number of aliphatic hydroxyl groups is 2. The van der Waals surface area contributed by atoms with Crippen LogP contribution in [0.4, 0.5) is 0 Å². The Kier molecular flexibility index (Phi) is 6.04. The van der Waals surface area contributed by atoms with E-state index < -0.39 is 11.2 Å². The maximum absolute atomic E-state index is 12.0. The summed E-state index contributed by atoms with van der Waals surface area (Å²) in [5.41, 5.74) is 2.65. The summed E-state index contributed by atoms with van der Waals surface area (Å²) < 4.78 is 6.24. The van der Waals surface area contributed by atoms with Crippen molar-refractivity contribution in [3.05, 3.63) is 94.8 Å². The fourth-order valence-corrected chi connectivity index (χ4v) is 7.17. The Bertz CT molecular complexity index is 1250. The Morgan fingerprint density at radius 3 is 2.39 bits per heavy atom. The first-order valence-electron chi connectivity index (χ1n) is 13.2. The van der Waals surface area contributed by atoms with Gasteiger partial charge in [0.2, 0.25) is 0 Å². The Morgan fingerprint density at radius 1 is 0.944 bits per heavy atom. The van der Waals surface area contributed by atoms with Crippen LogP contribution < -0.4 is 4.74 Å². The Morgan fingerprint density at radius 2 is 1.69 bits per heavy atom. The molecular formula is C32H39NO3. The van der Waals surface area contributed by atoms with Crippen LogP contribution in [0, 0.1) is 12.8 Å². The predicted molar refractivity (Wildman–Crippen MR) is 143 cm³/mol. The molecule has 1 heterocycles. The van der Waals surface area contributed by atoms with Crippen molar-refractivity contribution in [3.63, 3.8) is 0 Å². The Balaban J connectivity index is 1.53. The molecule has 36 heavy (non-hydrogen) atoms. The van der Waals surface area contributed by atoms with Crippen molar-refractivity contribution in [2.24, 2.45) is 5.92 Å². The molecule has 190 valence electrons. The van der Waals surface area contributed by atoms with Gasteiger partial charge in [0.05, 0.1) is 5.60 Å². The zero-order valence-corrected chi connectivity index (χ0v) is 22.2. The van der Waals surface area contributed by atoms with E-state index in [2.05, 4.69) is 50.0 Å². The van der Waals surface area contributed by atoms with Crippen LogP contribution in [-0.2, 0) is 23.0 Å². The maximum Gasteiger partial charge on any atom is 0.120 e. The SMILES string of the molecule is CC[C@@]12C[C@@](C)(O)[C@](O)(c3ccccc3)C[C@H]1CC(C)(C)c1cc(OCc3cccnc3C)ccc12. The van der Waals surface area contributed by atoms with Crippen LogP contribution in [0.1, 0.15) is 81.3 Å². The van der Waals surface area contributed by atoms with E-state index >= 15 is 0 Å². The highest BCUT2D eigenvalue weighted by Crippen LogP contribution is 2.63. The van der Waals surface area contributed by atoms with Gasteiger partial charge in [-0.05, 0) is 85.8 Å². The van der Waals surface area contributed by atoms with E-state index in [0.717, 1.165) is 35.4 Å². The van der Waals surface area contributed by atoms with Crippen LogP contribution in [0.3, 0.4) is 0 Å². The van der Waals surface area contributed by atoms with Crippen molar-refractivity contribution in [3.8, 4) is 5.75 Å². The summed E-state index contributed by atoms with van der Waals surface area (Å²) in [7, 11) is 0. The van der Waals surface area contributed by atoms with Gasteiger partial charge in [0.25, 0.3) is 0 Å². The van der Waals surface area contributed by atoms with Crippen LogP contribution in [0.15, 0.2) is 66.9 Å². The standard InChI is InChI=1S/C32H39NO3/c1-6-31-21-30(5,34)32(35,24-12-8-7-9-13-24)19-25(31)18-29(3,4)28-17-26(14-15-27(28)31)36-20-23-11-10-16-33-22(23)2/h7-17,25,34-35H,6,18-21H2,1-5H3/t25-,30-,31-,32-/m1/s1. The first-order valence-corrected chi connectivity index (χ1v) is 13.2. The molecule has 4 heteroatoms. The fourth-order valence-electron chi connectivity index (χ4n) is 7.17. The molecule has 1 saturated carbocycles. The molecule has 0 spiro atoms. The zero-order chi connectivity index (χ0) is 25.8. The van der Waals surface area contributed by atoms with Crippen molar-refractivity contribution < 1.29 is 14.9 Å². The van der Waals surface area contributed by atoms with Gasteiger partial charge in [0.15, 0.2) is 0 Å². The third-order valence-electron chi connectivity index (χ3n) is 9.28. The highest BCUT2D eigenvalue weighted by Gasteiger charge is 2.62. The zero-order valence-electron chi connectivity index (χ0n) is 22.2. The van der Waals surface area contributed by atoms with E-state index in [4.69, 9.17) is 4.74 Å². The van der Waals surface area contributed by atoms with Crippen LogP contribution in [0.2, 0.25) is 0 Å². The normalized spacial score (nSPS) is 30.8. The number of nitrogens with zero attached hydrogens (tertiary/aromatic N) is 1. The number of benzene rings is 2. The number of fused-ring (bicyclic) bond motifs is 3. The van der Waals surface area contributed by atoms with Crippen LogP contribution in [0.25, 0.3) is 0 Å². The average molecular weight is 486 g/mol. The first kappa shape index (κ1) is 25.0. The molecule has 0 aliphatic heterocycles. The minimum Gasteiger partial charge on any atom is -0.489 e. The molecule has 1 fully saturated rings. The van der Waals surface area contributed by atoms with Crippen molar-refractivity contribution in [2.45, 2.75) is 88.9 Å². The second-order valence-corrected chi connectivity index (χ2v) is 11.9. The number of ether oxygens (including phenoxy) is 1. The van der Waals surface area contributed by atoms with Gasteiger partial charge in [-0.25, -0.2) is 0 Å². The summed E-state index contributed by atoms with van der Waals surface area (Å²) in [6.07, 6.45) is 4.73. The predicted octanol–water partition coefficient (Wildman–Crippen LogP) is 6.35. The van der Waals surface area contributed by atoms with E-state index in [1.165, 1.54) is 11.1 Å². The van der Waals surface area contributed by atoms with Crippen LogP contribution in [-0.4, -0.2) is 20.8 Å². The van der Waals surface area contributed by atoms with Gasteiger partial charge in [-0.15, -0.1) is 0 Å². The molecule has 0 unspecified atom stereocenters. The van der Waals surface area contributed by atoms with E-state index in [0.29, 0.717) is 19.4 Å². The lowest BCUT2D eigenvalue weighted by atomic mass is 9.46. The summed E-state index contributed by atoms with van der Waals surface area (Å²) in [5, 5.41) is 23.9. The van der Waals surface area contributed by atoms with E-state index in [1.807, 2.05) is 50.2 Å². The Hall–Kier alpha value is -2.69. The maximum atomic E-state index is 12.0. The molecular weight excluding hydrogens is 446 g/mol. The molecule has 4 atom stereocenters. The number of pyridine rings is 1. The number of hydrogen-bond acceptors (Lipinski definition) is 4. The van der Waals surface area contributed by atoms with Crippen LogP contribution >= 0.6 is 0 Å². The third-order valence-corrected chi connectivity index (χ3v) is 9.28. The molecule has 3 aromatic rings. The largest absolute Gasteiger partial charge is 0.489 e. The van der Waals surface area contributed by atoms with Crippen molar-refractivity contribution in [1.29, 1.82) is 0 Å². The van der Waals surface area contributed by atoms with Gasteiger partial charge >= 0.3 is 0 Å². The molecule has 2 N–H and O–H groups in total. The van der Waals surface area contributed by atoms with Crippen LogP contribution in [0.5, 0.6) is 5.75 Å².